The smallest absolute Gasteiger partial charge is 0.262 e. The summed E-state index contributed by atoms with van der Waals surface area (Å²) in [5.74, 6) is -3.35. The van der Waals surface area contributed by atoms with Crippen molar-refractivity contribution in [3.05, 3.63) is 17.8 Å². The van der Waals surface area contributed by atoms with Gasteiger partial charge in [-0.15, -0.1) is 0 Å². The lowest BCUT2D eigenvalue weighted by atomic mass is 10.3. The second-order valence-corrected chi connectivity index (χ2v) is 3.54. The summed E-state index contributed by atoms with van der Waals surface area (Å²) in [5.41, 5.74) is 0.171. The fourth-order valence-corrected chi connectivity index (χ4v) is 1.30. The van der Waals surface area contributed by atoms with Gasteiger partial charge >= 0.3 is 0 Å². The van der Waals surface area contributed by atoms with E-state index >= 15 is 0 Å². The molecule has 0 aromatic carbocycles. The van der Waals surface area contributed by atoms with Crippen LogP contribution in [0, 0.1) is 12.9 Å². The van der Waals surface area contributed by atoms with E-state index < -0.39 is 18.4 Å². The van der Waals surface area contributed by atoms with Crippen molar-refractivity contribution in [2.24, 2.45) is 0 Å². The van der Waals surface area contributed by atoms with Crippen LogP contribution in [0.2, 0.25) is 0 Å². The zero-order chi connectivity index (χ0) is 11.6. The van der Waals surface area contributed by atoms with Crippen LogP contribution in [-0.2, 0) is 0 Å². The molecule has 0 fully saturated rings. The molecule has 6 heteroatoms. The first-order valence-electron chi connectivity index (χ1n) is 4.37. The van der Waals surface area contributed by atoms with E-state index in [1.54, 1.807) is 0 Å². The molecule has 0 atom stereocenters. The van der Waals surface area contributed by atoms with Gasteiger partial charge in [0.05, 0.1) is 6.54 Å². The molecule has 0 unspecified atom stereocenters. The van der Waals surface area contributed by atoms with Crippen molar-refractivity contribution < 1.29 is 13.2 Å². The molecule has 0 spiro atoms. The average molecular weight is 219 g/mol. The van der Waals surface area contributed by atoms with Crippen LogP contribution >= 0.6 is 0 Å². The highest BCUT2D eigenvalue weighted by Crippen LogP contribution is 2.20. The summed E-state index contributed by atoms with van der Waals surface area (Å²) >= 11 is 0. The molecule has 1 aromatic rings. The summed E-state index contributed by atoms with van der Waals surface area (Å²) in [6, 6.07) is 0. The Hall–Kier alpha value is -1.33. The van der Waals surface area contributed by atoms with E-state index in [0.29, 0.717) is 0 Å². The van der Waals surface area contributed by atoms with Crippen molar-refractivity contribution in [2.45, 2.75) is 19.8 Å². The summed E-state index contributed by atoms with van der Waals surface area (Å²) < 4.78 is 38.4. The third-order valence-corrected chi connectivity index (χ3v) is 1.87. The molecule has 1 aromatic heterocycles. The molecule has 1 heterocycles. The van der Waals surface area contributed by atoms with Crippen molar-refractivity contribution in [2.75, 3.05) is 18.5 Å². The minimum atomic E-state index is -2.84. The number of aromatic nitrogens is 2. The highest BCUT2D eigenvalue weighted by atomic mass is 19.3. The van der Waals surface area contributed by atoms with Crippen LogP contribution in [0.25, 0.3) is 0 Å². The first-order valence-corrected chi connectivity index (χ1v) is 4.37. The molecule has 1 rings (SSSR count). The van der Waals surface area contributed by atoms with Crippen LogP contribution in [0.3, 0.4) is 0 Å². The van der Waals surface area contributed by atoms with Gasteiger partial charge in [0, 0.05) is 19.5 Å². The van der Waals surface area contributed by atoms with Gasteiger partial charge in [0.25, 0.3) is 5.92 Å². The summed E-state index contributed by atoms with van der Waals surface area (Å²) in [5, 5.41) is 0. The first kappa shape index (κ1) is 11.7. The van der Waals surface area contributed by atoms with E-state index in [1.807, 2.05) is 0 Å². The Balaban J connectivity index is 2.92. The third-order valence-electron chi connectivity index (χ3n) is 1.87. The van der Waals surface area contributed by atoms with Crippen LogP contribution < -0.4 is 4.90 Å². The predicted octanol–water partition coefficient (Wildman–Crippen LogP) is 2.02. The lowest BCUT2D eigenvalue weighted by Gasteiger charge is -2.23. The molecule has 3 nitrogen and oxygen atoms in total. The van der Waals surface area contributed by atoms with E-state index in [-0.39, 0.29) is 11.4 Å². The van der Waals surface area contributed by atoms with Crippen LogP contribution in [0.5, 0.6) is 0 Å². The van der Waals surface area contributed by atoms with Gasteiger partial charge in [-0.2, -0.15) is 4.39 Å². The SMILES string of the molecule is Cc1c(F)ncnc1N(C)CC(C)(F)F. The van der Waals surface area contributed by atoms with Crippen molar-refractivity contribution in [3.63, 3.8) is 0 Å². The number of rotatable bonds is 3. The third kappa shape index (κ3) is 3.07. The molecule has 84 valence electrons. The zero-order valence-electron chi connectivity index (χ0n) is 8.76. The normalized spacial score (nSPS) is 11.6. The van der Waals surface area contributed by atoms with Gasteiger partial charge in [0.2, 0.25) is 5.95 Å². The van der Waals surface area contributed by atoms with Crippen molar-refractivity contribution in [3.8, 4) is 0 Å². The summed E-state index contributed by atoms with van der Waals surface area (Å²) in [6.45, 7) is 1.75. The first-order chi connectivity index (χ1) is 6.81. The molecule has 0 saturated heterocycles. The standard InChI is InChI=1S/C9H12F3N3/c1-6-7(10)13-5-14-8(6)15(3)4-9(2,11)12/h5H,4H2,1-3H3. The van der Waals surface area contributed by atoms with Gasteiger partial charge in [-0.3, -0.25) is 0 Å². The van der Waals surface area contributed by atoms with Crippen LogP contribution in [0.4, 0.5) is 19.0 Å². The number of anilines is 1. The van der Waals surface area contributed by atoms with Crippen molar-refractivity contribution in [1.82, 2.24) is 9.97 Å². The Bertz CT molecular complexity index is 349. The summed E-state index contributed by atoms with van der Waals surface area (Å²) in [7, 11) is 1.44. The molecule has 0 radical (unpaired) electrons. The maximum Gasteiger partial charge on any atom is 0.262 e. The largest absolute Gasteiger partial charge is 0.353 e. The van der Waals surface area contributed by atoms with Gasteiger partial charge in [0.15, 0.2) is 0 Å². The minimum Gasteiger partial charge on any atom is -0.353 e. The predicted molar refractivity (Wildman–Crippen MR) is 50.6 cm³/mol. The monoisotopic (exact) mass is 219 g/mol. The molecule has 15 heavy (non-hydrogen) atoms. The zero-order valence-corrected chi connectivity index (χ0v) is 8.76. The van der Waals surface area contributed by atoms with E-state index in [4.69, 9.17) is 0 Å². The highest BCUT2D eigenvalue weighted by Gasteiger charge is 2.25. The molecule has 0 saturated carbocycles. The van der Waals surface area contributed by atoms with E-state index in [1.165, 1.54) is 18.9 Å². The fourth-order valence-electron chi connectivity index (χ4n) is 1.30. The molecule has 0 amide bonds. The molecule has 0 aliphatic carbocycles. The van der Waals surface area contributed by atoms with Gasteiger partial charge in [-0.25, -0.2) is 18.7 Å². The molecule has 0 N–H and O–H groups in total. The maximum absolute atomic E-state index is 13.0. The Morgan fingerprint density at radius 2 is 2.00 bits per heavy atom. The Kier molecular flexibility index (Phi) is 3.16. The van der Waals surface area contributed by atoms with Crippen molar-refractivity contribution in [1.29, 1.82) is 0 Å². The Labute approximate surface area is 86.0 Å². The molecular formula is C9H12F3N3. The van der Waals surface area contributed by atoms with E-state index in [0.717, 1.165) is 13.3 Å². The number of hydrogen-bond acceptors (Lipinski definition) is 3. The molecule has 0 aliphatic heterocycles. The molecule has 0 aliphatic rings. The number of hydrogen-bond donors (Lipinski definition) is 0. The van der Waals surface area contributed by atoms with E-state index in [9.17, 15) is 13.2 Å². The number of nitrogens with zero attached hydrogens (tertiary/aromatic N) is 3. The van der Waals surface area contributed by atoms with Gasteiger partial charge in [0.1, 0.15) is 12.1 Å². The Morgan fingerprint density at radius 1 is 1.40 bits per heavy atom. The lowest BCUT2D eigenvalue weighted by Crippen LogP contribution is -2.33. The quantitative estimate of drug-likeness (QED) is 0.728. The summed E-state index contributed by atoms with van der Waals surface area (Å²) in [6.07, 6.45) is 1.02. The van der Waals surface area contributed by atoms with Crippen LogP contribution in [0.15, 0.2) is 6.33 Å². The molecule has 0 bridgehead atoms. The lowest BCUT2D eigenvalue weighted by molar-refractivity contribution is 0.0309. The Morgan fingerprint density at radius 3 is 2.53 bits per heavy atom. The number of alkyl halides is 2. The maximum atomic E-state index is 13.0. The van der Waals surface area contributed by atoms with Gasteiger partial charge in [-0.1, -0.05) is 0 Å². The van der Waals surface area contributed by atoms with Crippen LogP contribution in [-0.4, -0.2) is 29.5 Å². The van der Waals surface area contributed by atoms with Crippen molar-refractivity contribution >= 4 is 5.82 Å². The number of halogens is 3. The molecular weight excluding hydrogens is 207 g/mol. The minimum absolute atomic E-state index is 0.171. The van der Waals surface area contributed by atoms with Gasteiger partial charge in [-0.05, 0) is 6.92 Å². The summed E-state index contributed by atoms with van der Waals surface area (Å²) in [4.78, 5) is 8.30. The van der Waals surface area contributed by atoms with Gasteiger partial charge < -0.3 is 4.90 Å². The second-order valence-electron chi connectivity index (χ2n) is 3.54. The highest BCUT2D eigenvalue weighted by molar-refractivity contribution is 5.44. The topological polar surface area (TPSA) is 29.0 Å². The fraction of sp³-hybridized carbons (Fsp3) is 0.556. The van der Waals surface area contributed by atoms with E-state index in [2.05, 4.69) is 9.97 Å². The second kappa shape index (κ2) is 4.04. The average Bonchev–Trinajstić information content (AvgIpc) is 2.06. The van der Waals surface area contributed by atoms with Crippen LogP contribution in [0.1, 0.15) is 12.5 Å².